The Bertz CT molecular complexity index is 1500. The lowest BCUT2D eigenvalue weighted by Crippen LogP contribution is -2.41. The first kappa shape index (κ1) is 21.2. The molecule has 0 saturated carbocycles. The maximum atomic E-state index is 14.3. The zero-order valence-corrected chi connectivity index (χ0v) is 19.3. The van der Waals surface area contributed by atoms with Gasteiger partial charge in [0, 0.05) is 29.9 Å². The number of fused-ring (bicyclic) bond motifs is 2. The molecule has 0 bridgehead atoms. The van der Waals surface area contributed by atoms with Crippen molar-refractivity contribution in [1.29, 1.82) is 0 Å². The largest absolute Gasteiger partial charge is 0.331 e. The van der Waals surface area contributed by atoms with Crippen molar-refractivity contribution in [2.24, 2.45) is 0 Å². The van der Waals surface area contributed by atoms with Crippen molar-refractivity contribution >= 4 is 16.8 Å². The average Bonchev–Trinajstić information content (AvgIpc) is 2.93. The molecule has 1 amide bonds. The fourth-order valence-electron chi connectivity index (χ4n) is 5.11. The second-order valence-corrected chi connectivity index (χ2v) is 8.97. The van der Waals surface area contributed by atoms with Crippen LogP contribution in [0.5, 0.6) is 0 Å². The van der Waals surface area contributed by atoms with Gasteiger partial charge in [-0.25, -0.2) is 4.98 Å². The van der Waals surface area contributed by atoms with Gasteiger partial charge in [0.15, 0.2) is 0 Å². The summed E-state index contributed by atoms with van der Waals surface area (Å²) >= 11 is 0. The van der Waals surface area contributed by atoms with Gasteiger partial charge in [-0.3, -0.25) is 9.78 Å². The maximum Gasteiger partial charge on any atom is 0.255 e. The molecule has 4 heteroatoms. The van der Waals surface area contributed by atoms with Crippen LogP contribution in [0.4, 0.5) is 0 Å². The molecule has 0 N–H and O–H groups in total. The van der Waals surface area contributed by atoms with Crippen molar-refractivity contribution in [3.63, 3.8) is 0 Å². The van der Waals surface area contributed by atoms with Crippen LogP contribution in [-0.2, 0) is 12.8 Å². The summed E-state index contributed by atoms with van der Waals surface area (Å²) in [7, 11) is 0. The molecule has 0 spiro atoms. The van der Waals surface area contributed by atoms with Crippen LogP contribution in [0.15, 0.2) is 109 Å². The van der Waals surface area contributed by atoms with Gasteiger partial charge in [0.2, 0.25) is 0 Å². The fraction of sp³-hybridized carbons (Fsp3) is 0.129. The van der Waals surface area contributed by atoms with Crippen LogP contribution in [0, 0.1) is 0 Å². The highest BCUT2D eigenvalue weighted by Gasteiger charge is 2.32. The van der Waals surface area contributed by atoms with E-state index in [9.17, 15) is 4.79 Å². The number of amides is 1. The Hall–Kier alpha value is -4.31. The quantitative estimate of drug-likeness (QED) is 0.320. The van der Waals surface area contributed by atoms with Crippen molar-refractivity contribution in [1.82, 2.24) is 14.9 Å². The molecule has 0 fully saturated rings. The van der Waals surface area contributed by atoms with E-state index in [-0.39, 0.29) is 11.9 Å². The van der Waals surface area contributed by atoms with E-state index < -0.39 is 0 Å². The Balaban J connectivity index is 1.46. The molecule has 1 aliphatic rings. The summed E-state index contributed by atoms with van der Waals surface area (Å²) in [5.74, 6) is 0.0259. The highest BCUT2D eigenvalue weighted by atomic mass is 16.2. The Kier molecular flexibility index (Phi) is 5.55. The highest BCUT2D eigenvalue weighted by molar-refractivity contribution is 6.07. The Labute approximate surface area is 204 Å². The van der Waals surface area contributed by atoms with Gasteiger partial charge in [-0.15, -0.1) is 0 Å². The third kappa shape index (κ3) is 4.08. The van der Waals surface area contributed by atoms with E-state index in [1.807, 2.05) is 53.4 Å². The third-order valence-corrected chi connectivity index (χ3v) is 6.86. The third-order valence-electron chi connectivity index (χ3n) is 6.86. The van der Waals surface area contributed by atoms with Crippen LogP contribution in [0.3, 0.4) is 0 Å². The van der Waals surface area contributed by atoms with Gasteiger partial charge < -0.3 is 4.90 Å². The monoisotopic (exact) mass is 455 g/mol. The van der Waals surface area contributed by atoms with Gasteiger partial charge >= 0.3 is 0 Å². The standard InChI is InChI=1S/C31H25N3O/c35-31(26-20-29(24-12-5-2-6-13-24)33-28-15-17-32-21-27(26)28)34-18-16-23-11-7-8-14-25(23)30(34)19-22-9-3-1-4-10-22/h1-15,17,20-21,30H,16,18-19H2. The smallest absolute Gasteiger partial charge is 0.255 e. The van der Waals surface area contributed by atoms with Crippen LogP contribution in [0.2, 0.25) is 0 Å². The molecule has 1 unspecified atom stereocenters. The lowest BCUT2D eigenvalue weighted by molar-refractivity contribution is 0.0662. The molecular weight excluding hydrogens is 430 g/mol. The second kappa shape index (κ2) is 9.15. The van der Waals surface area contributed by atoms with Gasteiger partial charge in [-0.2, -0.15) is 0 Å². The zero-order chi connectivity index (χ0) is 23.6. The second-order valence-electron chi connectivity index (χ2n) is 8.97. The number of hydrogen-bond donors (Lipinski definition) is 0. The van der Waals surface area contributed by atoms with Crippen molar-refractivity contribution in [3.05, 3.63) is 132 Å². The summed E-state index contributed by atoms with van der Waals surface area (Å²) in [6.07, 6.45) is 5.11. The summed E-state index contributed by atoms with van der Waals surface area (Å²) in [5.41, 5.74) is 6.99. The summed E-state index contributed by atoms with van der Waals surface area (Å²) in [6.45, 7) is 0.679. The molecule has 2 aromatic heterocycles. The highest BCUT2D eigenvalue weighted by Crippen LogP contribution is 2.35. The molecule has 1 aliphatic heterocycles. The van der Waals surface area contributed by atoms with E-state index in [0.29, 0.717) is 12.1 Å². The van der Waals surface area contributed by atoms with Crippen LogP contribution in [0.25, 0.3) is 22.2 Å². The Morgan fingerprint density at radius 2 is 1.63 bits per heavy atom. The van der Waals surface area contributed by atoms with Crippen LogP contribution < -0.4 is 0 Å². The van der Waals surface area contributed by atoms with E-state index in [4.69, 9.17) is 4.98 Å². The average molecular weight is 456 g/mol. The van der Waals surface area contributed by atoms with E-state index >= 15 is 0 Å². The summed E-state index contributed by atoms with van der Waals surface area (Å²) in [5, 5.41) is 0.787. The summed E-state index contributed by atoms with van der Waals surface area (Å²) in [4.78, 5) is 25.5. The number of pyridine rings is 2. The number of carbonyl (C=O) groups is 1. The number of hydrogen-bond acceptors (Lipinski definition) is 3. The Morgan fingerprint density at radius 3 is 2.46 bits per heavy atom. The minimum Gasteiger partial charge on any atom is -0.331 e. The normalized spacial score (nSPS) is 15.1. The SMILES string of the molecule is O=C(c1cc(-c2ccccc2)nc2ccncc12)N1CCc2ccccc2C1Cc1ccccc1. The van der Waals surface area contributed by atoms with E-state index in [2.05, 4.69) is 53.5 Å². The number of rotatable bonds is 4. The van der Waals surface area contributed by atoms with Crippen LogP contribution >= 0.6 is 0 Å². The minimum atomic E-state index is -0.0325. The Morgan fingerprint density at radius 1 is 0.886 bits per heavy atom. The van der Waals surface area contributed by atoms with Crippen molar-refractivity contribution in [2.45, 2.75) is 18.9 Å². The van der Waals surface area contributed by atoms with Gasteiger partial charge in [0.1, 0.15) is 0 Å². The predicted molar refractivity (Wildman–Crippen MR) is 139 cm³/mol. The van der Waals surface area contributed by atoms with Crippen molar-refractivity contribution in [2.75, 3.05) is 6.54 Å². The summed E-state index contributed by atoms with van der Waals surface area (Å²) < 4.78 is 0. The van der Waals surface area contributed by atoms with Gasteiger partial charge in [0.25, 0.3) is 5.91 Å². The van der Waals surface area contributed by atoms with Crippen molar-refractivity contribution < 1.29 is 4.79 Å². The molecule has 4 nitrogen and oxygen atoms in total. The number of nitrogens with zero attached hydrogens (tertiary/aromatic N) is 3. The summed E-state index contributed by atoms with van der Waals surface area (Å²) in [6, 6.07) is 32.8. The number of carbonyl (C=O) groups excluding carboxylic acids is 1. The first-order chi connectivity index (χ1) is 17.3. The molecule has 0 radical (unpaired) electrons. The van der Waals surface area contributed by atoms with E-state index in [1.54, 1.807) is 12.4 Å². The lowest BCUT2D eigenvalue weighted by atomic mass is 9.88. The lowest BCUT2D eigenvalue weighted by Gasteiger charge is -2.38. The molecule has 170 valence electrons. The molecule has 35 heavy (non-hydrogen) atoms. The predicted octanol–water partition coefficient (Wildman–Crippen LogP) is 6.28. The van der Waals surface area contributed by atoms with Crippen LogP contribution in [0.1, 0.15) is 33.1 Å². The molecule has 0 saturated heterocycles. The van der Waals surface area contributed by atoms with Gasteiger partial charge in [-0.05, 0) is 41.7 Å². The molecular formula is C31H25N3O. The van der Waals surface area contributed by atoms with Crippen LogP contribution in [-0.4, -0.2) is 27.3 Å². The molecule has 3 heterocycles. The molecule has 1 atom stereocenters. The zero-order valence-electron chi connectivity index (χ0n) is 19.3. The molecule has 5 aromatic rings. The van der Waals surface area contributed by atoms with Gasteiger partial charge in [-0.1, -0.05) is 84.9 Å². The van der Waals surface area contributed by atoms with Crippen molar-refractivity contribution in [3.8, 4) is 11.3 Å². The molecule has 3 aromatic carbocycles. The number of aromatic nitrogens is 2. The minimum absolute atomic E-state index is 0.0259. The molecule has 6 rings (SSSR count). The first-order valence-corrected chi connectivity index (χ1v) is 12.0. The maximum absolute atomic E-state index is 14.3. The van der Waals surface area contributed by atoms with E-state index in [0.717, 1.165) is 35.0 Å². The first-order valence-electron chi connectivity index (χ1n) is 12.0. The van der Waals surface area contributed by atoms with E-state index in [1.165, 1.54) is 16.7 Å². The molecule has 0 aliphatic carbocycles. The van der Waals surface area contributed by atoms with Gasteiger partial charge in [0.05, 0.1) is 22.8 Å². The fourth-order valence-corrected chi connectivity index (χ4v) is 5.11. The number of benzene rings is 3. The topological polar surface area (TPSA) is 46.1 Å².